The van der Waals surface area contributed by atoms with Crippen LogP contribution >= 0.6 is 0 Å². The third-order valence-electron chi connectivity index (χ3n) is 3.02. The third-order valence-corrected chi connectivity index (χ3v) is 3.02. The Bertz CT molecular complexity index is 831. The minimum atomic E-state index is -1.39. The molecule has 1 heterocycles. The average Bonchev–Trinajstić information content (AvgIpc) is 2.85. The lowest BCUT2D eigenvalue weighted by atomic mass is 10.2. The number of hydrogen-bond donors (Lipinski definition) is 4. The van der Waals surface area contributed by atoms with Gasteiger partial charge in [0.1, 0.15) is 5.52 Å². The second kappa shape index (κ2) is 7.38. The highest BCUT2D eigenvalue weighted by Gasteiger charge is 2.20. The molecule has 0 spiro atoms. The molecule has 0 unspecified atom stereocenters. The second-order valence-corrected chi connectivity index (χ2v) is 4.69. The van der Waals surface area contributed by atoms with E-state index in [9.17, 15) is 19.5 Å². The van der Waals surface area contributed by atoms with Gasteiger partial charge in [-0.15, -0.1) is 5.10 Å². The number of carbonyl (C=O) groups excluding carboxylic acids is 2. The smallest absolute Gasteiger partial charge is 0.432 e. The zero-order chi connectivity index (χ0) is 18.6. The Hall–Kier alpha value is -3.50. The predicted octanol–water partition coefficient (Wildman–Crippen LogP) is 2.28. The molecule has 134 valence electrons. The molecule has 1 aromatic carbocycles. The van der Waals surface area contributed by atoms with Crippen LogP contribution in [0, 0.1) is 0 Å². The number of anilines is 3. The summed E-state index contributed by atoms with van der Waals surface area (Å²) < 4.78 is 10.2. The zero-order valence-electron chi connectivity index (χ0n) is 13.5. The molecular formula is C14H17N5O6. The molecule has 0 aliphatic rings. The van der Waals surface area contributed by atoms with Crippen molar-refractivity contribution in [2.24, 2.45) is 0 Å². The van der Waals surface area contributed by atoms with Gasteiger partial charge in [-0.3, -0.25) is 10.6 Å². The number of amides is 2. The van der Waals surface area contributed by atoms with E-state index >= 15 is 0 Å². The topological polar surface area (TPSA) is 158 Å². The number of nitrogens with one attached hydrogen (secondary N) is 2. The van der Waals surface area contributed by atoms with Crippen molar-refractivity contribution in [3.63, 3.8) is 0 Å². The Kier molecular flexibility index (Phi) is 5.27. The first-order valence-electron chi connectivity index (χ1n) is 7.30. The Morgan fingerprint density at radius 2 is 1.76 bits per heavy atom. The molecule has 0 saturated heterocycles. The van der Waals surface area contributed by atoms with Crippen molar-refractivity contribution in [3.8, 4) is 0 Å². The first kappa shape index (κ1) is 17.8. The highest BCUT2D eigenvalue weighted by atomic mass is 16.6. The van der Waals surface area contributed by atoms with Gasteiger partial charge < -0.3 is 20.3 Å². The molecule has 2 aromatic rings. The van der Waals surface area contributed by atoms with Gasteiger partial charge >= 0.3 is 18.3 Å². The molecule has 0 fully saturated rings. The molecule has 0 atom stereocenters. The van der Waals surface area contributed by atoms with Crippen LogP contribution in [0.25, 0.3) is 10.9 Å². The van der Waals surface area contributed by atoms with Gasteiger partial charge in [-0.25, -0.2) is 14.4 Å². The van der Waals surface area contributed by atoms with Crippen LogP contribution in [0.4, 0.5) is 31.6 Å². The van der Waals surface area contributed by atoms with Gasteiger partial charge in [-0.05, 0) is 26.0 Å². The third kappa shape index (κ3) is 3.88. The predicted molar refractivity (Wildman–Crippen MR) is 88.9 cm³/mol. The lowest BCUT2D eigenvalue weighted by molar-refractivity contribution is 0.167. The Balaban J connectivity index is 2.56. The van der Waals surface area contributed by atoms with Gasteiger partial charge in [-0.2, -0.15) is 4.68 Å². The van der Waals surface area contributed by atoms with E-state index in [-0.39, 0.29) is 41.3 Å². The van der Waals surface area contributed by atoms with Crippen molar-refractivity contribution in [2.45, 2.75) is 13.8 Å². The molecule has 11 nitrogen and oxygen atoms in total. The van der Waals surface area contributed by atoms with Crippen LogP contribution in [-0.4, -0.2) is 46.4 Å². The van der Waals surface area contributed by atoms with Crippen molar-refractivity contribution < 1.29 is 29.0 Å². The van der Waals surface area contributed by atoms with E-state index in [0.717, 1.165) is 0 Å². The highest BCUT2D eigenvalue weighted by Crippen LogP contribution is 2.32. The lowest BCUT2D eigenvalue weighted by Gasteiger charge is -2.11. The summed E-state index contributed by atoms with van der Waals surface area (Å²) in [5.74, 6) is -0.0863. The first-order chi connectivity index (χ1) is 11.9. The number of aromatic nitrogens is 2. The molecule has 11 heteroatoms. The van der Waals surface area contributed by atoms with E-state index in [2.05, 4.69) is 15.7 Å². The van der Waals surface area contributed by atoms with Crippen molar-refractivity contribution in [1.82, 2.24) is 9.78 Å². The number of ether oxygens (including phenoxy) is 2. The summed E-state index contributed by atoms with van der Waals surface area (Å²) >= 11 is 0. The molecule has 0 radical (unpaired) electrons. The number of fused-ring (bicyclic) bond motifs is 1. The van der Waals surface area contributed by atoms with Crippen molar-refractivity contribution in [3.05, 3.63) is 12.1 Å². The summed E-state index contributed by atoms with van der Waals surface area (Å²) in [6, 6.07) is 2.76. The van der Waals surface area contributed by atoms with Gasteiger partial charge in [0.05, 0.1) is 18.9 Å². The van der Waals surface area contributed by atoms with Crippen LogP contribution in [0.15, 0.2) is 12.1 Å². The SMILES string of the molecule is CCOC(=O)Nc1cc(NC(=O)OCC)c2c(c1)c(N)nn2C(=O)O. The summed E-state index contributed by atoms with van der Waals surface area (Å²) in [5, 5.41) is 18.1. The Morgan fingerprint density at radius 3 is 2.32 bits per heavy atom. The van der Waals surface area contributed by atoms with Crippen LogP contribution in [0.3, 0.4) is 0 Å². The molecular weight excluding hydrogens is 334 g/mol. The molecule has 5 N–H and O–H groups in total. The van der Waals surface area contributed by atoms with Gasteiger partial charge in [0.15, 0.2) is 5.82 Å². The maximum absolute atomic E-state index is 11.7. The Labute approximate surface area is 141 Å². The number of carbonyl (C=O) groups is 3. The normalized spacial score (nSPS) is 10.3. The lowest BCUT2D eigenvalue weighted by Crippen LogP contribution is -2.17. The molecule has 2 rings (SSSR count). The van der Waals surface area contributed by atoms with Crippen molar-refractivity contribution in [2.75, 3.05) is 29.6 Å². The highest BCUT2D eigenvalue weighted by molar-refractivity contribution is 6.07. The number of benzene rings is 1. The summed E-state index contributed by atoms with van der Waals surface area (Å²) in [7, 11) is 0. The summed E-state index contributed by atoms with van der Waals surface area (Å²) in [5.41, 5.74) is 6.08. The molecule has 25 heavy (non-hydrogen) atoms. The van der Waals surface area contributed by atoms with Crippen molar-refractivity contribution in [1.29, 1.82) is 0 Å². The molecule has 0 saturated carbocycles. The average molecular weight is 351 g/mol. The summed E-state index contributed by atoms with van der Waals surface area (Å²) in [6.45, 7) is 3.55. The second-order valence-electron chi connectivity index (χ2n) is 4.69. The van der Waals surface area contributed by atoms with Gasteiger partial charge in [-0.1, -0.05) is 0 Å². The zero-order valence-corrected chi connectivity index (χ0v) is 13.5. The number of hydrogen-bond acceptors (Lipinski definition) is 7. The number of nitrogen functional groups attached to an aromatic ring is 1. The van der Waals surface area contributed by atoms with Gasteiger partial charge in [0.2, 0.25) is 0 Å². The van der Waals surface area contributed by atoms with Crippen LogP contribution in [0.1, 0.15) is 13.8 Å². The fraction of sp³-hybridized carbons (Fsp3) is 0.286. The monoisotopic (exact) mass is 351 g/mol. The molecule has 0 aliphatic carbocycles. The van der Waals surface area contributed by atoms with Crippen LogP contribution in [0.5, 0.6) is 0 Å². The van der Waals surface area contributed by atoms with E-state index in [4.69, 9.17) is 15.2 Å². The van der Waals surface area contributed by atoms with Crippen LogP contribution < -0.4 is 16.4 Å². The fourth-order valence-electron chi connectivity index (χ4n) is 2.14. The van der Waals surface area contributed by atoms with E-state index in [1.54, 1.807) is 13.8 Å². The molecule has 1 aromatic heterocycles. The maximum Gasteiger partial charge on any atom is 0.432 e. The summed E-state index contributed by atoms with van der Waals surface area (Å²) in [4.78, 5) is 34.7. The molecule has 0 bridgehead atoms. The van der Waals surface area contributed by atoms with Crippen LogP contribution in [-0.2, 0) is 9.47 Å². The van der Waals surface area contributed by atoms with E-state index in [0.29, 0.717) is 4.68 Å². The van der Waals surface area contributed by atoms with Crippen LogP contribution in [0.2, 0.25) is 0 Å². The minimum Gasteiger partial charge on any atom is -0.463 e. The fourth-order valence-corrected chi connectivity index (χ4v) is 2.14. The Morgan fingerprint density at radius 1 is 1.16 bits per heavy atom. The number of nitrogens with two attached hydrogens (primary N) is 1. The van der Waals surface area contributed by atoms with Crippen molar-refractivity contribution >= 4 is 46.4 Å². The van der Waals surface area contributed by atoms with E-state index in [1.165, 1.54) is 12.1 Å². The maximum atomic E-state index is 11.7. The van der Waals surface area contributed by atoms with Gasteiger partial charge in [0, 0.05) is 11.1 Å². The number of nitrogens with zero attached hydrogens (tertiary/aromatic N) is 2. The van der Waals surface area contributed by atoms with Gasteiger partial charge in [0.25, 0.3) is 0 Å². The van der Waals surface area contributed by atoms with E-state index < -0.39 is 18.3 Å². The first-order valence-corrected chi connectivity index (χ1v) is 7.30. The van der Waals surface area contributed by atoms with E-state index in [1.807, 2.05) is 0 Å². The number of carboxylic acid groups (broad SMARTS) is 1. The standard InChI is InChI=1S/C14H17N5O6/c1-3-24-12(20)16-7-5-8-10(19(14(22)23)18-11(8)15)9(6-7)17-13(21)25-4-2/h5-6H,3-4H2,1-2H3,(H2,15,18)(H,16,20)(H,17,21)(H,22,23). The number of rotatable bonds is 4. The summed E-state index contributed by atoms with van der Waals surface area (Å²) in [6.07, 6.45) is -2.90. The quantitative estimate of drug-likeness (QED) is 0.653. The largest absolute Gasteiger partial charge is 0.463 e. The molecule has 0 aliphatic heterocycles. The molecule has 2 amide bonds. The minimum absolute atomic E-state index is 0.0486.